The number of carbonyl (C=O) groups is 1. The second kappa shape index (κ2) is 6.55. The Balaban J connectivity index is 1.93. The number of nitrogens with zero attached hydrogens (tertiary/aromatic N) is 1. The molecule has 1 amide bonds. The van der Waals surface area contributed by atoms with Crippen molar-refractivity contribution in [2.24, 2.45) is 5.92 Å². The predicted molar refractivity (Wildman–Crippen MR) is 74.2 cm³/mol. The molecule has 0 spiro atoms. The smallest absolute Gasteiger partial charge is 0.241 e. The number of carbonyl (C=O) groups excluding carboxylic acids is 1. The maximum absolute atomic E-state index is 12.4. The Kier molecular flexibility index (Phi) is 5.04. The lowest BCUT2D eigenvalue weighted by Gasteiger charge is -2.30. The highest BCUT2D eigenvalue weighted by atomic mass is 16.2. The van der Waals surface area contributed by atoms with Gasteiger partial charge in [-0.3, -0.25) is 10.1 Å². The van der Waals surface area contributed by atoms with Gasteiger partial charge < -0.3 is 4.90 Å². The molecule has 3 heteroatoms. The second-order valence-electron chi connectivity index (χ2n) is 5.93. The van der Waals surface area contributed by atoms with Gasteiger partial charge in [0.05, 0.1) is 12.2 Å². The molecule has 3 nitrogen and oxygen atoms in total. The van der Waals surface area contributed by atoms with Crippen molar-refractivity contribution in [3.8, 4) is 0 Å². The monoisotopic (exact) mass is 252 g/mol. The van der Waals surface area contributed by atoms with E-state index >= 15 is 0 Å². The molecular weight excluding hydrogens is 224 g/mol. The number of rotatable bonds is 5. The van der Waals surface area contributed by atoms with Gasteiger partial charge in [0, 0.05) is 6.54 Å². The molecule has 0 bridgehead atoms. The molecule has 1 N–H and O–H groups in total. The van der Waals surface area contributed by atoms with Crippen LogP contribution >= 0.6 is 0 Å². The fraction of sp³-hybridized carbons (Fsp3) is 0.933. The van der Waals surface area contributed by atoms with Gasteiger partial charge in [0.15, 0.2) is 0 Å². The van der Waals surface area contributed by atoms with Crippen LogP contribution in [0.25, 0.3) is 0 Å². The first-order valence-corrected chi connectivity index (χ1v) is 7.82. The SMILES string of the molecule is CCCC1NC(CC)N(CC2CCCCC2)C1=O. The van der Waals surface area contributed by atoms with E-state index in [0.29, 0.717) is 5.91 Å². The van der Waals surface area contributed by atoms with Crippen LogP contribution in [0, 0.1) is 5.92 Å². The molecule has 2 aliphatic rings. The minimum atomic E-state index is 0.0866. The summed E-state index contributed by atoms with van der Waals surface area (Å²) in [5.74, 6) is 1.10. The third-order valence-electron chi connectivity index (χ3n) is 4.49. The number of hydrogen-bond acceptors (Lipinski definition) is 2. The molecule has 18 heavy (non-hydrogen) atoms. The van der Waals surface area contributed by atoms with Crippen LogP contribution in [0.2, 0.25) is 0 Å². The normalized spacial score (nSPS) is 30.1. The summed E-state index contributed by atoms with van der Waals surface area (Å²) in [6.07, 6.45) is 10.1. The Labute approximate surface area is 111 Å². The van der Waals surface area contributed by atoms with Gasteiger partial charge in [-0.25, -0.2) is 0 Å². The van der Waals surface area contributed by atoms with Crippen molar-refractivity contribution < 1.29 is 4.79 Å². The van der Waals surface area contributed by atoms with Gasteiger partial charge in [0.25, 0.3) is 0 Å². The molecule has 1 heterocycles. The van der Waals surface area contributed by atoms with E-state index in [2.05, 4.69) is 24.1 Å². The first-order chi connectivity index (χ1) is 8.76. The Morgan fingerprint density at radius 3 is 2.56 bits per heavy atom. The molecule has 0 aromatic heterocycles. The molecule has 1 saturated carbocycles. The first-order valence-electron chi connectivity index (χ1n) is 7.82. The number of hydrogen-bond donors (Lipinski definition) is 1. The topological polar surface area (TPSA) is 32.3 Å². The zero-order chi connectivity index (χ0) is 13.0. The van der Waals surface area contributed by atoms with Crippen molar-refractivity contribution in [3.63, 3.8) is 0 Å². The van der Waals surface area contributed by atoms with E-state index in [-0.39, 0.29) is 12.2 Å². The fourth-order valence-electron chi connectivity index (χ4n) is 3.45. The Morgan fingerprint density at radius 1 is 1.22 bits per heavy atom. The molecule has 2 rings (SSSR count). The maximum Gasteiger partial charge on any atom is 0.241 e. The summed E-state index contributed by atoms with van der Waals surface area (Å²) in [6.45, 7) is 5.32. The molecule has 2 unspecified atom stereocenters. The average molecular weight is 252 g/mol. The van der Waals surface area contributed by atoms with Gasteiger partial charge in [0.2, 0.25) is 5.91 Å². The zero-order valence-electron chi connectivity index (χ0n) is 12.0. The van der Waals surface area contributed by atoms with Crippen molar-refractivity contribution >= 4 is 5.91 Å². The molecule has 2 atom stereocenters. The fourth-order valence-corrected chi connectivity index (χ4v) is 3.45. The van der Waals surface area contributed by atoms with Crippen molar-refractivity contribution in [1.82, 2.24) is 10.2 Å². The van der Waals surface area contributed by atoms with E-state index in [0.717, 1.165) is 31.7 Å². The third kappa shape index (κ3) is 3.05. The van der Waals surface area contributed by atoms with Crippen molar-refractivity contribution in [1.29, 1.82) is 0 Å². The Hall–Kier alpha value is -0.570. The Morgan fingerprint density at radius 2 is 1.94 bits per heavy atom. The molecular formula is C15H28N2O. The van der Waals surface area contributed by atoms with Crippen LogP contribution < -0.4 is 5.32 Å². The highest BCUT2D eigenvalue weighted by Crippen LogP contribution is 2.27. The summed E-state index contributed by atoms with van der Waals surface area (Å²) in [4.78, 5) is 14.5. The van der Waals surface area contributed by atoms with Crippen molar-refractivity contribution in [3.05, 3.63) is 0 Å². The zero-order valence-corrected chi connectivity index (χ0v) is 12.0. The quantitative estimate of drug-likeness (QED) is 0.816. The average Bonchev–Trinajstić information content (AvgIpc) is 2.69. The van der Waals surface area contributed by atoms with E-state index in [1.54, 1.807) is 0 Å². The Bertz CT molecular complexity index is 274. The number of amides is 1. The van der Waals surface area contributed by atoms with Crippen LogP contribution in [0.15, 0.2) is 0 Å². The minimum Gasteiger partial charge on any atom is -0.326 e. The molecule has 0 radical (unpaired) electrons. The molecule has 2 fully saturated rings. The first kappa shape index (κ1) is 13.9. The van der Waals surface area contributed by atoms with Crippen LogP contribution in [0.1, 0.15) is 65.2 Å². The van der Waals surface area contributed by atoms with Crippen LogP contribution in [-0.2, 0) is 4.79 Å². The molecule has 1 aliphatic carbocycles. The lowest BCUT2D eigenvalue weighted by Crippen LogP contribution is -2.40. The lowest BCUT2D eigenvalue weighted by molar-refractivity contribution is -0.131. The van der Waals surface area contributed by atoms with E-state index in [1.165, 1.54) is 32.1 Å². The van der Waals surface area contributed by atoms with Crippen LogP contribution in [-0.4, -0.2) is 29.6 Å². The molecule has 0 aromatic carbocycles. The van der Waals surface area contributed by atoms with Gasteiger partial charge in [-0.15, -0.1) is 0 Å². The van der Waals surface area contributed by atoms with Gasteiger partial charge >= 0.3 is 0 Å². The van der Waals surface area contributed by atoms with Gasteiger partial charge in [-0.1, -0.05) is 39.5 Å². The molecule has 1 saturated heterocycles. The maximum atomic E-state index is 12.4. The molecule has 1 aliphatic heterocycles. The van der Waals surface area contributed by atoms with Crippen LogP contribution in [0.4, 0.5) is 0 Å². The highest BCUT2D eigenvalue weighted by Gasteiger charge is 2.38. The van der Waals surface area contributed by atoms with E-state index in [1.807, 2.05) is 0 Å². The summed E-state index contributed by atoms with van der Waals surface area (Å²) in [5, 5.41) is 3.51. The summed E-state index contributed by atoms with van der Waals surface area (Å²) in [5.41, 5.74) is 0. The van der Waals surface area contributed by atoms with Crippen molar-refractivity contribution in [2.75, 3.05) is 6.54 Å². The predicted octanol–water partition coefficient (Wildman–Crippen LogP) is 2.90. The number of nitrogens with one attached hydrogen (secondary N) is 1. The summed E-state index contributed by atoms with van der Waals surface area (Å²) < 4.78 is 0. The van der Waals surface area contributed by atoms with E-state index < -0.39 is 0 Å². The van der Waals surface area contributed by atoms with Crippen LogP contribution in [0.3, 0.4) is 0 Å². The largest absolute Gasteiger partial charge is 0.326 e. The van der Waals surface area contributed by atoms with Gasteiger partial charge in [-0.05, 0) is 31.6 Å². The standard InChI is InChI=1S/C15H28N2O/c1-3-8-13-15(18)17(14(4-2)16-13)11-12-9-6-5-7-10-12/h12-14,16H,3-11H2,1-2H3. The van der Waals surface area contributed by atoms with Gasteiger partial charge in [0.1, 0.15) is 0 Å². The lowest BCUT2D eigenvalue weighted by atomic mass is 9.89. The van der Waals surface area contributed by atoms with Crippen LogP contribution in [0.5, 0.6) is 0 Å². The molecule has 0 aromatic rings. The highest BCUT2D eigenvalue weighted by molar-refractivity contribution is 5.84. The summed E-state index contributed by atoms with van der Waals surface area (Å²) >= 11 is 0. The second-order valence-corrected chi connectivity index (χ2v) is 5.93. The van der Waals surface area contributed by atoms with E-state index in [9.17, 15) is 4.79 Å². The van der Waals surface area contributed by atoms with Crippen molar-refractivity contribution in [2.45, 2.75) is 77.4 Å². The minimum absolute atomic E-state index is 0.0866. The summed E-state index contributed by atoms with van der Waals surface area (Å²) in [7, 11) is 0. The van der Waals surface area contributed by atoms with Gasteiger partial charge in [-0.2, -0.15) is 0 Å². The summed E-state index contributed by atoms with van der Waals surface area (Å²) in [6, 6.07) is 0.0866. The van der Waals surface area contributed by atoms with E-state index in [4.69, 9.17) is 0 Å². The third-order valence-corrected chi connectivity index (χ3v) is 4.49. The molecule has 104 valence electrons.